The Kier molecular flexibility index (Phi) is 4.02. The number of carboxylic acid groups (broad SMARTS) is 1. The Hall–Kier alpha value is -1.26. The van der Waals surface area contributed by atoms with Crippen LogP contribution in [0.3, 0.4) is 0 Å². The molecule has 1 aromatic carbocycles. The summed E-state index contributed by atoms with van der Waals surface area (Å²) in [4.78, 5) is 23.2. The molecule has 0 spiro atoms. The first-order valence-corrected chi connectivity index (χ1v) is 6.67. The molecule has 1 aliphatic carbocycles. The van der Waals surface area contributed by atoms with Crippen molar-refractivity contribution in [2.24, 2.45) is 5.41 Å². The molecule has 102 valence electrons. The number of carbonyl (C=O) groups excluding carboxylic acids is 1. The summed E-state index contributed by atoms with van der Waals surface area (Å²) < 4.78 is 0. The quantitative estimate of drug-likeness (QED) is 0.898. The molecule has 2 rings (SSSR count). The summed E-state index contributed by atoms with van der Waals surface area (Å²) in [5.74, 6) is -1.27. The number of hydrogen-bond acceptors (Lipinski definition) is 2. The van der Waals surface area contributed by atoms with Gasteiger partial charge in [0.15, 0.2) is 0 Å². The number of hydrogen-bond donors (Lipinski definition) is 2. The van der Waals surface area contributed by atoms with Crippen LogP contribution in [0.2, 0.25) is 10.0 Å². The highest BCUT2D eigenvalue weighted by molar-refractivity contribution is 6.35. The van der Waals surface area contributed by atoms with Crippen molar-refractivity contribution in [3.05, 3.63) is 33.8 Å². The summed E-state index contributed by atoms with van der Waals surface area (Å²) in [7, 11) is 0. The highest BCUT2D eigenvalue weighted by atomic mass is 35.5. The molecule has 0 saturated heterocycles. The minimum absolute atomic E-state index is 0.115. The van der Waals surface area contributed by atoms with E-state index in [4.69, 9.17) is 28.3 Å². The molecule has 0 unspecified atom stereocenters. The first kappa shape index (κ1) is 14.2. The van der Waals surface area contributed by atoms with Gasteiger partial charge >= 0.3 is 5.97 Å². The standard InChI is InChI=1S/C13H13Cl2NO3/c14-8-2-3-10(15)9(6-8)11(17)16-7-13(12(18)19)4-1-5-13/h2-3,6H,1,4-5,7H2,(H,16,17)(H,18,19). The van der Waals surface area contributed by atoms with Crippen LogP contribution in [0.1, 0.15) is 29.6 Å². The van der Waals surface area contributed by atoms with E-state index < -0.39 is 17.3 Å². The third-order valence-electron chi connectivity index (χ3n) is 3.52. The number of carbonyl (C=O) groups is 2. The number of amides is 1. The van der Waals surface area contributed by atoms with Crippen LogP contribution in [0.25, 0.3) is 0 Å². The molecule has 0 aliphatic heterocycles. The van der Waals surface area contributed by atoms with Gasteiger partial charge in [-0.25, -0.2) is 0 Å². The van der Waals surface area contributed by atoms with E-state index in [0.717, 1.165) is 6.42 Å². The molecule has 1 amide bonds. The Morgan fingerprint density at radius 2 is 2.00 bits per heavy atom. The van der Waals surface area contributed by atoms with Crippen LogP contribution in [0.4, 0.5) is 0 Å². The first-order valence-electron chi connectivity index (χ1n) is 5.91. The molecule has 19 heavy (non-hydrogen) atoms. The molecule has 0 radical (unpaired) electrons. The molecule has 1 saturated carbocycles. The lowest BCUT2D eigenvalue weighted by Gasteiger charge is -2.37. The number of benzene rings is 1. The molecule has 0 heterocycles. The maximum atomic E-state index is 12.0. The largest absolute Gasteiger partial charge is 0.481 e. The first-order chi connectivity index (χ1) is 8.94. The third kappa shape index (κ3) is 2.85. The van der Waals surface area contributed by atoms with E-state index in [1.54, 1.807) is 6.07 Å². The van der Waals surface area contributed by atoms with Crippen molar-refractivity contribution in [3.63, 3.8) is 0 Å². The van der Waals surface area contributed by atoms with Crippen LogP contribution >= 0.6 is 23.2 Å². The normalized spacial score (nSPS) is 16.5. The highest BCUT2D eigenvalue weighted by Crippen LogP contribution is 2.40. The van der Waals surface area contributed by atoms with E-state index in [1.807, 2.05) is 0 Å². The molecule has 6 heteroatoms. The summed E-state index contributed by atoms with van der Waals surface area (Å²) in [5.41, 5.74) is -0.560. The fourth-order valence-electron chi connectivity index (χ4n) is 2.09. The van der Waals surface area contributed by atoms with Crippen molar-refractivity contribution in [3.8, 4) is 0 Å². The summed E-state index contributed by atoms with van der Waals surface area (Å²) in [5, 5.41) is 12.5. The number of aliphatic carboxylic acids is 1. The van der Waals surface area contributed by atoms with E-state index in [-0.39, 0.29) is 12.1 Å². The third-order valence-corrected chi connectivity index (χ3v) is 4.09. The lowest BCUT2D eigenvalue weighted by atomic mass is 9.69. The molecule has 0 atom stereocenters. The van der Waals surface area contributed by atoms with Gasteiger partial charge in [0.25, 0.3) is 5.91 Å². The van der Waals surface area contributed by atoms with Crippen LogP contribution in [-0.4, -0.2) is 23.5 Å². The second-order valence-electron chi connectivity index (χ2n) is 4.75. The van der Waals surface area contributed by atoms with Gasteiger partial charge in [-0.05, 0) is 31.0 Å². The van der Waals surface area contributed by atoms with E-state index in [2.05, 4.69) is 5.32 Å². The Morgan fingerprint density at radius 1 is 1.32 bits per heavy atom. The summed E-state index contributed by atoms with van der Waals surface area (Å²) >= 11 is 11.7. The zero-order valence-corrected chi connectivity index (χ0v) is 11.6. The minimum atomic E-state index is -0.865. The summed E-state index contributed by atoms with van der Waals surface area (Å²) in [6, 6.07) is 4.59. The predicted octanol–water partition coefficient (Wildman–Crippen LogP) is 2.98. The van der Waals surface area contributed by atoms with Gasteiger partial charge in [0.05, 0.1) is 16.0 Å². The zero-order valence-electron chi connectivity index (χ0n) is 10.1. The van der Waals surface area contributed by atoms with Crippen molar-refractivity contribution in [2.75, 3.05) is 6.54 Å². The van der Waals surface area contributed by atoms with Crippen LogP contribution in [0, 0.1) is 5.41 Å². The van der Waals surface area contributed by atoms with Crippen molar-refractivity contribution < 1.29 is 14.7 Å². The van der Waals surface area contributed by atoms with E-state index in [1.165, 1.54) is 12.1 Å². The Bertz CT molecular complexity index is 527. The van der Waals surface area contributed by atoms with Gasteiger partial charge in [0, 0.05) is 11.6 Å². The molecule has 4 nitrogen and oxygen atoms in total. The van der Waals surface area contributed by atoms with Gasteiger partial charge in [-0.15, -0.1) is 0 Å². The fourth-order valence-corrected chi connectivity index (χ4v) is 2.46. The van der Waals surface area contributed by atoms with Crippen LogP contribution in [0.15, 0.2) is 18.2 Å². The Labute approximate surface area is 120 Å². The summed E-state index contributed by atoms with van der Waals surface area (Å²) in [6.45, 7) is 0.115. The number of rotatable bonds is 4. The van der Waals surface area contributed by atoms with Crippen LogP contribution < -0.4 is 5.32 Å². The lowest BCUT2D eigenvalue weighted by Crippen LogP contribution is -2.47. The van der Waals surface area contributed by atoms with E-state index in [9.17, 15) is 9.59 Å². The van der Waals surface area contributed by atoms with Crippen molar-refractivity contribution >= 4 is 35.1 Å². The molecular formula is C13H13Cl2NO3. The van der Waals surface area contributed by atoms with Crippen molar-refractivity contribution in [1.82, 2.24) is 5.32 Å². The van der Waals surface area contributed by atoms with Gasteiger partial charge in [0.2, 0.25) is 0 Å². The smallest absolute Gasteiger partial charge is 0.311 e. The highest BCUT2D eigenvalue weighted by Gasteiger charge is 2.44. The molecule has 2 N–H and O–H groups in total. The molecule has 1 aliphatic rings. The topological polar surface area (TPSA) is 66.4 Å². The molecule has 1 fully saturated rings. The SMILES string of the molecule is O=C(NCC1(C(=O)O)CCC1)c1cc(Cl)ccc1Cl. The van der Waals surface area contributed by atoms with Gasteiger partial charge in [-0.2, -0.15) is 0 Å². The maximum Gasteiger partial charge on any atom is 0.311 e. The minimum Gasteiger partial charge on any atom is -0.481 e. The van der Waals surface area contributed by atoms with Gasteiger partial charge < -0.3 is 10.4 Å². The van der Waals surface area contributed by atoms with Gasteiger partial charge in [-0.1, -0.05) is 29.6 Å². The van der Waals surface area contributed by atoms with E-state index in [0.29, 0.717) is 22.9 Å². The Morgan fingerprint density at radius 3 is 2.53 bits per heavy atom. The molecule has 0 aromatic heterocycles. The van der Waals surface area contributed by atoms with Crippen molar-refractivity contribution in [2.45, 2.75) is 19.3 Å². The molecule has 0 bridgehead atoms. The maximum absolute atomic E-state index is 12.0. The second kappa shape index (κ2) is 5.39. The molecule has 1 aromatic rings. The van der Waals surface area contributed by atoms with Crippen LogP contribution in [0.5, 0.6) is 0 Å². The van der Waals surface area contributed by atoms with Crippen LogP contribution in [-0.2, 0) is 4.79 Å². The average molecular weight is 302 g/mol. The van der Waals surface area contributed by atoms with E-state index >= 15 is 0 Å². The second-order valence-corrected chi connectivity index (χ2v) is 5.59. The zero-order chi connectivity index (χ0) is 14.0. The number of nitrogens with one attached hydrogen (secondary N) is 1. The van der Waals surface area contributed by atoms with Gasteiger partial charge in [-0.3, -0.25) is 9.59 Å². The number of carboxylic acids is 1. The predicted molar refractivity (Wildman–Crippen MR) is 72.7 cm³/mol. The number of halogens is 2. The average Bonchev–Trinajstić information content (AvgIpc) is 2.30. The lowest BCUT2D eigenvalue weighted by molar-refractivity contribution is -0.153. The summed E-state index contributed by atoms with van der Waals surface area (Å²) in [6.07, 6.45) is 2.05. The fraction of sp³-hybridized carbons (Fsp3) is 0.385. The monoisotopic (exact) mass is 301 g/mol. The van der Waals surface area contributed by atoms with Crippen molar-refractivity contribution in [1.29, 1.82) is 0 Å². The Balaban J connectivity index is 2.05. The molecular weight excluding hydrogens is 289 g/mol. The van der Waals surface area contributed by atoms with Gasteiger partial charge in [0.1, 0.15) is 0 Å².